The second kappa shape index (κ2) is 13.3. The normalized spacial score (nSPS) is 14.1. The van der Waals surface area contributed by atoms with Gasteiger partial charge in [-0.15, -0.1) is 0 Å². The minimum Gasteiger partial charge on any atom is -0.497 e. The number of nitrogens with zero attached hydrogens (tertiary/aromatic N) is 1. The lowest BCUT2D eigenvalue weighted by molar-refractivity contribution is -0.116. The van der Waals surface area contributed by atoms with Gasteiger partial charge in [-0.3, -0.25) is 9.59 Å². The minimum atomic E-state index is -0.477. The lowest BCUT2D eigenvalue weighted by Gasteiger charge is -2.12. The van der Waals surface area contributed by atoms with Crippen LogP contribution in [0.3, 0.4) is 0 Å². The molecule has 1 aromatic heterocycles. The van der Waals surface area contributed by atoms with Crippen LogP contribution in [0.25, 0.3) is 17.0 Å². The van der Waals surface area contributed by atoms with Gasteiger partial charge in [-0.1, -0.05) is 12.1 Å². The van der Waals surface area contributed by atoms with Gasteiger partial charge < -0.3 is 31.7 Å². The van der Waals surface area contributed by atoms with Crippen LogP contribution >= 0.6 is 7.92 Å². The second-order valence-corrected chi connectivity index (χ2v) is 10.3. The number of carbonyl (C=O) groups is 2. The third-order valence-electron chi connectivity index (χ3n) is 5.66. The van der Waals surface area contributed by atoms with E-state index < -0.39 is 13.8 Å². The first-order chi connectivity index (χ1) is 18.3. The maximum Gasteiger partial charge on any atom is 0.254 e. The van der Waals surface area contributed by atoms with Crippen LogP contribution in [-0.4, -0.2) is 50.2 Å². The summed E-state index contributed by atoms with van der Waals surface area (Å²) in [4.78, 5) is 26.1. The van der Waals surface area contributed by atoms with E-state index >= 15 is 0 Å². The molecule has 0 saturated carbocycles. The molecule has 6 N–H and O–H groups in total. The monoisotopic (exact) mass is 537 g/mol. The summed E-state index contributed by atoms with van der Waals surface area (Å²) in [6.07, 6.45) is 2.30. The summed E-state index contributed by atoms with van der Waals surface area (Å²) in [5, 5.41) is 11.6. The number of methoxy groups -OCH3 is 1. The number of nitrogens with two attached hydrogens (primary N) is 2. The molecular formula is C27H29FN5O4P. The number of ether oxygens (including phenoxy) is 2. The molecule has 198 valence electrons. The van der Waals surface area contributed by atoms with E-state index in [-0.39, 0.29) is 23.5 Å². The maximum atomic E-state index is 13.4. The summed E-state index contributed by atoms with van der Waals surface area (Å²) in [6.45, 7) is 2.45. The van der Waals surface area contributed by atoms with Crippen molar-refractivity contribution in [2.45, 2.75) is 6.42 Å². The van der Waals surface area contributed by atoms with Crippen LogP contribution < -0.4 is 31.6 Å². The molecule has 0 saturated heterocycles. The summed E-state index contributed by atoms with van der Waals surface area (Å²) in [6, 6.07) is 15.2. The Morgan fingerprint density at radius 2 is 1.97 bits per heavy atom. The number of benzene rings is 2. The number of pyridine rings is 1. The van der Waals surface area contributed by atoms with Gasteiger partial charge >= 0.3 is 0 Å². The van der Waals surface area contributed by atoms with Gasteiger partial charge in [0.1, 0.15) is 23.6 Å². The van der Waals surface area contributed by atoms with Crippen molar-refractivity contribution in [3.63, 3.8) is 0 Å². The average molecular weight is 538 g/mol. The molecule has 4 rings (SSSR count). The molecule has 9 nitrogen and oxygen atoms in total. The predicted octanol–water partition coefficient (Wildman–Crippen LogP) is 2.76. The summed E-state index contributed by atoms with van der Waals surface area (Å²) in [7, 11) is 1.07. The van der Waals surface area contributed by atoms with Crippen molar-refractivity contribution in [3.05, 3.63) is 77.2 Å². The van der Waals surface area contributed by atoms with Gasteiger partial charge in [0.05, 0.1) is 18.4 Å². The molecular weight excluding hydrogens is 508 g/mol. The fraction of sp³-hybridized carbons (Fsp3) is 0.185. The molecule has 0 spiro atoms. The molecule has 2 amide bonds. The van der Waals surface area contributed by atoms with Crippen LogP contribution in [0.15, 0.2) is 60.2 Å². The molecule has 0 bridgehead atoms. The molecule has 3 aromatic rings. The van der Waals surface area contributed by atoms with Crippen LogP contribution in [0.5, 0.6) is 11.5 Å². The molecule has 1 atom stereocenters. The molecule has 0 radical (unpaired) electrons. The molecule has 1 aliphatic heterocycles. The highest BCUT2D eigenvalue weighted by molar-refractivity contribution is 7.65. The van der Waals surface area contributed by atoms with E-state index in [2.05, 4.69) is 17.7 Å². The Labute approximate surface area is 221 Å². The lowest BCUT2D eigenvalue weighted by atomic mass is 10.1. The van der Waals surface area contributed by atoms with Crippen LogP contribution in [0.1, 0.15) is 11.3 Å². The Hall–Kier alpha value is -4.30. The van der Waals surface area contributed by atoms with E-state index in [9.17, 15) is 9.18 Å². The zero-order chi connectivity index (χ0) is 27.7. The van der Waals surface area contributed by atoms with E-state index in [0.717, 1.165) is 28.5 Å². The van der Waals surface area contributed by atoms with Crippen LogP contribution in [0, 0.1) is 11.2 Å². The Kier molecular flexibility index (Phi) is 9.90. The fourth-order valence-electron chi connectivity index (χ4n) is 3.77. The number of rotatable bonds is 8. The number of hydrogen-bond acceptors (Lipinski definition) is 7. The van der Waals surface area contributed by atoms with E-state index in [4.69, 9.17) is 30.4 Å². The molecule has 2 aromatic carbocycles. The second-order valence-electron chi connectivity index (χ2n) is 8.13. The quantitative estimate of drug-likeness (QED) is 0.150. The third kappa shape index (κ3) is 6.72. The first-order valence-electron chi connectivity index (χ1n) is 11.5. The van der Waals surface area contributed by atoms with Crippen molar-refractivity contribution in [1.29, 1.82) is 5.41 Å². The smallest absolute Gasteiger partial charge is 0.254 e. The standard InChI is InChI=1S/C26H26FN4O3P.CH3NO/c1-33-20-5-3-4-17(12-20)23(29)21(14-28)26(32)30-11-10-19-13-22-25(34-15-35(22)2)24(31-19)16-6-8-18(27)9-7-16;2-1-3/h3-9,12-14,28H,10-11,15,29H2,1-2H3,(H,30,32);1H,(H2,2,3)/b23-21+,28-14?;. The zero-order valence-corrected chi connectivity index (χ0v) is 21.9. The van der Waals surface area contributed by atoms with Gasteiger partial charge in [-0.25, -0.2) is 9.37 Å². The highest BCUT2D eigenvalue weighted by Gasteiger charge is 2.26. The van der Waals surface area contributed by atoms with Gasteiger partial charge in [-0.2, -0.15) is 0 Å². The van der Waals surface area contributed by atoms with E-state index in [1.54, 1.807) is 43.5 Å². The van der Waals surface area contributed by atoms with Crippen molar-refractivity contribution in [3.8, 4) is 22.8 Å². The number of hydrogen-bond donors (Lipinski definition) is 4. The molecule has 1 unspecified atom stereocenters. The Morgan fingerprint density at radius 1 is 1.26 bits per heavy atom. The first kappa shape index (κ1) is 28.3. The predicted molar refractivity (Wildman–Crippen MR) is 147 cm³/mol. The van der Waals surface area contributed by atoms with Crippen LogP contribution in [0.4, 0.5) is 4.39 Å². The number of nitrogens with one attached hydrogen (secondary N) is 2. The number of amides is 2. The van der Waals surface area contributed by atoms with Gasteiger partial charge in [0.15, 0.2) is 5.75 Å². The van der Waals surface area contributed by atoms with Gasteiger partial charge in [0.25, 0.3) is 5.91 Å². The first-order valence-corrected chi connectivity index (χ1v) is 13.5. The number of primary amides is 1. The molecule has 11 heteroatoms. The number of aromatic nitrogens is 1. The average Bonchev–Trinajstić information content (AvgIpc) is 3.30. The van der Waals surface area contributed by atoms with Crippen LogP contribution in [-0.2, 0) is 16.0 Å². The summed E-state index contributed by atoms with van der Waals surface area (Å²) < 4.78 is 24.5. The SMILES string of the molecule is COc1cccc(/C(N)=C(/C=N)C(=O)NCCc2cc3c(c(-c4ccc(F)cc4)n2)OCP3C)c1.NC=O. The highest BCUT2D eigenvalue weighted by Crippen LogP contribution is 2.44. The van der Waals surface area contributed by atoms with Crippen molar-refractivity contribution in [2.24, 2.45) is 11.5 Å². The minimum absolute atomic E-state index is 0.0673. The fourth-order valence-corrected chi connectivity index (χ4v) is 5.12. The summed E-state index contributed by atoms with van der Waals surface area (Å²) >= 11 is 0. The van der Waals surface area contributed by atoms with E-state index in [0.29, 0.717) is 36.3 Å². The Morgan fingerprint density at radius 3 is 2.63 bits per heavy atom. The summed E-state index contributed by atoms with van der Waals surface area (Å²) in [5.74, 6) is 0.598. The lowest BCUT2D eigenvalue weighted by Crippen LogP contribution is -2.29. The topological polar surface area (TPSA) is 153 Å². The van der Waals surface area contributed by atoms with Crippen molar-refractivity contribution in [1.82, 2.24) is 10.3 Å². The van der Waals surface area contributed by atoms with Crippen molar-refractivity contribution in [2.75, 3.05) is 26.7 Å². The van der Waals surface area contributed by atoms with Gasteiger partial charge in [0, 0.05) is 41.3 Å². The van der Waals surface area contributed by atoms with Gasteiger partial charge in [0.2, 0.25) is 6.41 Å². The maximum absolute atomic E-state index is 13.4. The molecule has 2 heterocycles. The largest absolute Gasteiger partial charge is 0.497 e. The Bertz CT molecular complexity index is 1350. The van der Waals surface area contributed by atoms with Crippen LogP contribution in [0.2, 0.25) is 0 Å². The number of halogens is 1. The zero-order valence-electron chi connectivity index (χ0n) is 21.0. The van der Waals surface area contributed by atoms with Crippen molar-refractivity contribution >= 4 is 37.5 Å². The number of fused-ring (bicyclic) bond motifs is 1. The molecule has 0 aliphatic carbocycles. The highest BCUT2D eigenvalue weighted by atomic mass is 31.1. The van der Waals surface area contributed by atoms with Gasteiger partial charge in [-0.05, 0) is 57.1 Å². The molecule has 1 aliphatic rings. The Balaban J connectivity index is 0.00000127. The summed E-state index contributed by atoms with van der Waals surface area (Å²) in [5.41, 5.74) is 13.5. The van der Waals surface area contributed by atoms with E-state index in [1.807, 2.05) is 6.07 Å². The molecule has 0 fully saturated rings. The third-order valence-corrected chi connectivity index (χ3v) is 7.34. The van der Waals surface area contributed by atoms with Crippen molar-refractivity contribution < 1.29 is 23.5 Å². The number of carbonyl (C=O) groups excluding carboxylic acids is 2. The van der Waals surface area contributed by atoms with E-state index in [1.165, 1.54) is 12.1 Å². The molecule has 38 heavy (non-hydrogen) atoms.